The van der Waals surface area contributed by atoms with Crippen molar-refractivity contribution in [2.45, 2.75) is 12.8 Å². The third kappa shape index (κ3) is 5.52. The van der Waals surface area contributed by atoms with Gasteiger partial charge in [0.05, 0.1) is 0 Å². The Morgan fingerprint density at radius 2 is 2.15 bits per heavy atom. The van der Waals surface area contributed by atoms with Crippen molar-refractivity contribution in [3.8, 4) is 0 Å². The maximum Gasteiger partial charge on any atom is 0.231 e. The summed E-state index contributed by atoms with van der Waals surface area (Å²) in [4.78, 5) is 12.1. The van der Waals surface area contributed by atoms with Gasteiger partial charge in [-0.05, 0) is 30.4 Å². The number of amides is 1. The van der Waals surface area contributed by atoms with Gasteiger partial charge in [0.1, 0.15) is 5.92 Å². The Morgan fingerprint density at radius 3 is 2.75 bits per heavy atom. The van der Waals surface area contributed by atoms with Gasteiger partial charge in [0.25, 0.3) is 0 Å². The fourth-order valence-corrected chi connectivity index (χ4v) is 2.24. The SMILES string of the molecule is CSCCCNC(=O)C(Cc1ccccc1)C(N)=NO. The zero-order chi connectivity index (χ0) is 14.8. The summed E-state index contributed by atoms with van der Waals surface area (Å²) in [6, 6.07) is 9.53. The maximum absolute atomic E-state index is 12.1. The number of hydrogen-bond acceptors (Lipinski definition) is 4. The Kier molecular flexibility index (Phi) is 7.57. The van der Waals surface area contributed by atoms with Crippen LogP contribution in [0.5, 0.6) is 0 Å². The van der Waals surface area contributed by atoms with Crippen LogP contribution in [-0.4, -0.2) is 35.5 Å². The Bertz CT molecular complexity index is 437. The number of thioether (sulfide) groups is 1. The van der Waals surface area contributed by atoms with Crippen LogP contribution in [-0.2, 0) is 11.2 Å². The summed E-state index contributed by atoms with van der Waals surface area (Å²) >= 11 is 1.74. The maximum atomic E-state index is 12.1. The van der Waals surface area contributed by atoms with Gasteiger partial charge in [0.15, 0.2) is 5.84 Å². The summed E-state index contributed by atoms with van der Waals surface area (Å²) in [6.07, 6.45) is 3.35. The van der Waals surface area contributed by atoms with E-state index in [0.717, 1.165) is 17.7 Å². The third-order valence-corrected chi connectivity index (χ3v) is 3.59. The van der Waals surface area contributed by atoms with E-state index >= 15 is 0 Å². The number of nitrogens with two attached hydrogens (primary N) is 1. The van der Waals surface area contributed by atoms with E-state index in [1.54, 1.807) is 11.8 Å². The van der Waals surface area contributed by atoms with Crippen molar-refractivity contribution in [2.24, 2.45) is 16.8 Å². The first-order chi connectivity index (χ1) is 9.69. The van der Waals surface area contributed by atoms with Crippen molar-refractivity contribution < 1.29 is 10.0 Å². The van der Waals surface area contributed by atoms with Crippen LogP contribution < -0.4 is 11.1 Å². The number of amidine groups is 1. The minimum absolute atomic E-state index is 0.0591. The molecule has 0 spiro atoms. The summed E-state index contributed by atoms with van der Waals surface area (Å²) in [5.41, 5.74) is 6.61. The Labute approximate surface area is 123 Å². The lowest BCUT2D eigenvalue weighted by atomic mass is 9.97. The summed E-state index contributed by atoms with van der Waals surface area (Å²) in [7, 11) is 0. The largest absolute Gasteiger partial charge is 0.409 e. The second-order valence-electron chi connectivity index (χ2n) is 4.40. The molecule has 0 saturated heterocycles. The molecule has 1 atom stereocenters. The predicted molar refractivity (Wildman–Crippen MR) is 83.1 cm³/mol. The molecule has 1 aromatic rings. The van der Waals surface area contributed by atoms with Gasteiger partial charge in [-0.2, -0.15) is 11.8 Å². The molecule has 0 aliphatic rings. The van der Waals surface area contributed by atoms with Crippen LogP contribution in [0.15, 0.2) is 35.5 Å². The highest BCUT2D eigenvalue weighted by molar-refractivity contribution is 7.98. The normalized spacial score (nSPS) is 12.9. The van der Waals surface area contributed by atoms with E-state index in [-0.39, 0.29) is 11.7 Å². The molecule has 0 saturated carbocycles. The molecule has 1 amide bonds. The van der Waals surface area contributed by atoms with E-state index < -0.39 is 5.92 Å². The first kappa shape index (κ1) is 16.4. The number of rotatable bonds is 8. The van der Waals surface area contributed by atoms with Gasteiger partial charge < -0.3 is 16.3 Å². The van der Waals surface area contributed by atoms with E-state index in [9.17, 15) is 4.79 Å². The predicted octanol–water partition coefficient (Wildman–Crippen LogP) is 1.46. The van der Waals surface area contributed by atoms with Gasteiger partial charge in [0, 0.05) is 6.54 Å². The standard InChI is InChI=1S/C14H21N3O2S/c1-20-9-5-8-16-14(18)12(13(15)17-19)10-11-6-3-2-4-7-11/h2-4,6-7,12,19H,5,8-10H2,1H3,(H2,15,17)(H,16,18). The second kappa shape index (κ2) is 9.25. The van der Waals surface area contributed by atoms with Gasteiger partial charge >= 0.3 is 0 Å². The topological polar surface area (TPSA) is 87.7 Å². The average Bonchev–Trinajstić information content (AvgIpc) is 2.49. The van der Waals surface area contributed by atoms with E-state index in [0.29, 0.717) is 13.0 Å². The molecule has 110 valence electrons. The number of nitrogens with one attached hydrogen (secondary N) is 1. The third-order valence-electron chi connectivity index (χ3n) is 2.90. The first-order valence-corrected chi connectivity index (χ1v) is 7.86. The highest BCUT2D eigenvalue weighted by Gasteiger charge is 2.23. The Hall–Kier alpha value is -1.69. The lowest BCUT2D eigenvalue weighted by molar-refractivity contribution is -0.123. The molecule has 1 unspecified atom stereocenters. The lowest BCUT2D eigenvalue weighted by Gasteiger charge is -2.15. The van der Waals surface area contributed by atoms with E-state index in [2.05, 4.69) is 10.5 Å². The Morgan fingerprint density at radius 1 is 1.45 bits per heavy atom. The zero-order valence-corrected chi connectivity index (χ0v) is 12.4. The van der Waals surface area contributed by atoms with Crippen molar-refractivity contribution in [3.63, 3.8) is 0 Å². The highest BCUT2D eigenvalue weighted by atomic mass is 32.2. The van der Waals surface area contributed by atoms with Crippen molar-refractivity contribution >= 4 is 23.5 Å². The van der Waals surface area contributed by atoms with E-state index in [1.165, 1.54) is 0 Å². The van der Waals surface area contributed by atoms with Crippen LogP contribution in [0, 0.1) is 5.92 Å². The molecule has 4 N–H and O–H groups in total. The minimum Gasteiger partial charge on any atom is -0.409 e. The molecule has 0 radical (unpaired) electrons. The molecule has 0 aliphatic heterocycles. The van der Waals surface area contributed by atoms with Gasteiger partial charge in [-0.1, -0.05) is 35.5 Å². The Balaban J connectivity index is 2.62. The van der Waals surface area contributed by atoms with Crippen LogP contribution in [0.3, 0.4) is 0 Å². The lowest BCUT2D eigenvalue weighted by Crippen LogP contribution is -2.40. The molecule has 0 aliphatic carbocycles. The molecule has 0 fully saturated rings. The van der Waals surface area contributed by atoms with E-state index in [1.807, 2.05) is 36.6 Å². The second-order valence-corrected chi connectivity index (χ2v) is 5.39. The molecule has 20 heavy (non-hydrogen) atoms. The molecule has 1 rings (SSSR count). The van der Waals surface area contributed by atoms with Crippen LogP contribution >= 0.6 is 11.8 Å². The molecule has 5 nitrogen and oxygen atoms in total. The van der Waals surface area contributed by atoms with Crippen LogP contribution in [0.2, 0.25) is 0 Å². The average molecular weight is 295 g/mol. The van der Waals surface area contributed by atoms with Gasteiger partial charge in [-0.15, -0.1) is 0 Å². The van der Waals surface area contributed by atoms with Crippen LogP contribution in [0.4, 0.5) is 0 Å². The number of oxime groups is 1. The number of hydrogen-bond donors (Lipinski definition) is 3. The number of carbonyl (C=O) groups excluding carboxylic acids is 1. The summed E-state index contributed by atoms with van der Waals surface area (Å²) in [5.74, 6) is 0.0888. The van der Waals surface area contributed by atoms with Crippen molar-refractivity contribution in [1.82, 2.24) is 5.32 Å². The van der Waals surface area contributed by atoms with Crippen molar-refractivity contribution in [2.75, 3.05) is 18.6 Å². The molecule has 0 aromatic heterocycles. The van der Waals surface area contributed by atoms with Crippen molar-refractivity contribution in [3.05, 3.63) is 35.9 Å². The first-order valence-electron chi connectivity index (χ1n) is 6.47. The van der Waals surface area contributed by atoms with Gasteiger partial charge in [-0.3, -0.25) is 4.79 Å². The zero-order valence-electron chi connectivity index (χ0n) is 11.6. The quantitative estimate of drug-likeness (QED) is 0.223. The number of carbonyl (C=O) groups is 1. The smallest absolute Gasteiger partial charge is 0.231 e. The fraction of sp³-hybridized carbons (Fsp3) is 0.429. The minimum atomic E-state index is -0.642. The molecular weight excluding hydrogens is 274 g/mol. The molecule has 1 aromatic carbocycles. The monoisotopic (exact) mass is 295 g/mol. The fourth-order valence-electron chi connectivity index (χ4n) is 1.80. The molecular formula is C14H21N3O2S. The van der Waals surface area contributed by atoms with Crippen LogP contribution in [0.1, 0.15) is 12.0 Å². The van der Waals surface area contributed by atoms with Crippen molar-refractivity contribution in [1.29, 1.82) is 0 Å². The molecule has 0 bridgehead atoms. The summed E-state index contributed by atoms with van der Waals surface area (Å²) < 4.78 is 0. The number of benzene rings is 1. The molecule has 0 heterocycles. The van der Waals surface area contributed by atoms with Gasteiger partial charge in [-0.25, -0.2) is 0 Å². The molecule has 6 heteroatoms. The summed E-state index contributed by atoms with van der Waals surface area (Å²) in [6.45, 7) is 0.601. The number of nitrogens with zero attached hydrogens (tertiary/aromatic N) is 1. The highest BCUT2D eigenvalue weighted by Crippen LogP contribution is 2.09. The summed E-state index contributed by atoms with van der Waals surface area (Å²) in [5, 5.41) is 14.6. The van der Waals surface area contributed by atoms with Gasteiger partial charge in [0.2, 0.25) is 5.91 Å². The van der Waals surface area contributed by atoms with Crippen LogP contribution in [0.25, 0.3) is 0 Å². The van der Waals surface area contributed by atoms with E-state index in [4.69, 9.17) is 10.9 Å².